The third-order valence-corrected chi connectivity index (χ3v) is 6.33. The van der Waals surface area contributed by atoms with Gasteiger partial charge in [0.05, 0.1) is 5.69 Å². The number of benzene rings is 2. The van der Waals surface area contributed by atoms with Crippen molar-refractivity contribution in [3.05, 3.63) is 105 Å². The van der Waals surface area contributed by atoms with Crippen molar-refractivity contribution in [3.8, 4) is 5.69 Å². The van der Waals surface area contributed by atoms with Gasteiger partial charge in [-0.05, 0) is 61.4 Å². The maximum atomic E-state index is 13.5. The molecule has 0 saturated carbocycles. The number of carbonyl (C=O) groups is 1. The quantitative estimate of drug-likeness (QED) is 0.476. The molecule has 0 radical (unpaired) electrons. The highest BCUT2D eigenvalue weighted by Gasteiger charge is 2.23. The van der Waals surface area contributed by atoms with Crippen LogP contribution in [0.4, 0.5) is 17.3 Å². The van der Waals surface area contributed by atoms with Crippen molar-refractivity contribution in [1.29, 1.82) is 0 Å². The van der Waals surface area contributed by atoms with E-state index < -0.39 is 0 Å². The van der Waals surface area contributed by atoms with Gasteiger partial charge in [-0.2, -0.15) is 0 Å². The Hall–Kier alpha value is -4.46. The number of nitrogens with two attached hydrogens (primary N) is 1. The molecule has 0 fully saturated rings. The lowest BCUT2D eigenvalue weighted by molar-refractivity contribution is 0.102. The molecule has 3 N–H and O–H groups in total. The van der Waals surface area contributed by atoms with Crippen molar-refractivity contribution >= 4 is 23.2 Å². The molecule has 0 atom stereocenters. The lowest BCUT2D eigenvalue weighted by Crippen LogP contribution is -2.37. The Labute approximate surface area is 203 Å². The highest BCUT2D eigenvalue weighted by molar-refractivity contribution is 6.05. The fraction of sp³-hybridized carbons (Fsp3) is 0.185. The third-order valence-electron chi connectivity index (χ3n) is 6.33. The zero-order valence-electron chi connectivity index (χ0n) is 19.7. The summed E-state index contributed by atoms with van der Waals surface area (Å²) >= 11 is 0. The van der Waals surface area contributed by atoms with E-state index >= 15 is 0 Å². The van der Waals surface area contributed by atoms with Gasteiger partial charge in [0.25, 0.3) is 11.5 Å². The Morgan fingerprint density at radius 3 is 2.57 bits per heavy atom. The van der Waals surface area contributed by atoms with Gasteiger partial charge in [-0.25, -0.2) is 9.97 Å². The summed E-state index contributed by atoms with van der Waals surface area (Å²) in [6, 6.07) is 16.7. The van der Waals surface area contributed by atoms with Gasteiger partial charge in [0, 0.05) is 54.4 Å². The molecular weight excluding hydrogens is 440 g/mol. The summed E-state index contributed by atoms with van der Waals surface area (Å²) in [6.07, 6.45) is 4.22. The first kappa shape index (κ1) is 22.3. The zero-order valence-corrected chi connectivity index (χ0v) is 19.7. The van der Waals surface area contributed by atoms with Crippen LogP contribution < -0.4 is 21.5 Å². The van der Waals surface area contributed by atoms with E-state index in [4.69, 9.17) is 5.73 Å². The average molecular weight is 467 g/mol. The molecule has 8 heteroatoms. The van der Waals surface area contributed by atoms with E-state index in [0.717, 1.165) is 28.1 Å². The van der Waals surface area contributed by atoms with Crippen molar-refractivity contribution in [3.63, 3.8) is 0 Å². The van der Waals surface area contributed by atoms with E-state index in [2.05, 4.69) is 20.2 Å². The Morgan fingerprint density at radius 1 is 1.03 bits per heavy atom. The van der Waals surface area contributed by atoms with Gasteiger partial charge in [-0.3, -0.25) is 14.2 Å². The van der Waals surface area contributed by atoms with Crippen molar-refractivity contribution in [2.24, 2.45) is 0 Å². The second-order valence-corrected chi connectivity index (χ2v) is 8.71. The van der Waals surface area contributed by atoms with Crippen LogP contribution in [-0.4, -0.2) is 27.0 Å². The molecule has 3 heterocycles. The number of pyridine rings is 1. The van der Waals surface area contributed by atoms with E-state index in [1.54, 1.807) is 35.2 Å². The van der Waals surface area contributed by atoms with Crippen LogP contribution in [0, 0.1) is 13.8 Å². The maximum absolute atomic E-state index is 13.5. The molecule has 35 heavy (non-hydrogen) atoms. The summed E-state index contributed by atoms with van der Waals surface area (Å²) in [7, 11) is 0. The lowest BCUT2D eigenvalue weighted by atomic mass is 10.1. The van der Waals surface area contributed by atoms with Gasteiger partial charge in [0.2, 0.25) is 5.95 Å². The van der Waals surface area contributed by atoms with Gasteiger partial charge >= 0.3 is 0 Å². The molecule has 0 spiro atoms. The number of aryl methyl sites for hydroxylation is 2. The number of anilines is 3. The first-order valence-electron chi connectivity index (χ1n) is 11.5. The number of carbonyl (C=O) groups excluding carboxylic acids is 1. The van der Waals surface area contributed by atoms with Gasteiger partial charge in [0.15, 0.2) is 0 Å². The number of hydrogen-bond acceptors (Lipinski definition) is 6. The Kier molecular flexibility index (Phi) is 5.78. The van der Waals surface area contributed by atoms with Crippen LogP contribution in [0.25, 0.3) is 5.69 Å². The van der Waals surface area contributed by atoms with Crippen molar-refractivity contribution in [2.75, 3.05) is 22.5 Å². The monoisotopic (exact) mass is 466 g/mol. The molecule has 1 aliphatic heterocycles. The molecule has 0 saturated heterocycles. The number of amides is 1. The fourth-order valence-electron chi connectivity index (χ4n) is 4.46. The predicted molar refractivity (Wildman–Crippen MR) is 137 cm³/mol. The summed E-state index contributed by atoms with van der Waals surface area (Å²) in [6.45, 7) is 5.08. The second-order valence-electron chi connectivity index (χ2n) is 8.71. The molecule has 4 aromatic rings. The Bertz CT molecular complexity index is 1480. The zero-order chi connectivity index (χ0) is 24.5. The SMILES string of the molecule is Cc1ccccc1C(=O)Nc1ccc(-n2ccc(C)c(N3CCc4nc(N)ncc4C3)c2=O)cc1. The third kappa shape index (κ3) is 4.38. The number of aromatic nitrogens is 3. The standard InChI is InChI=1S/C27H26N6O2/c1-17-5-3-4-6-22(17)25(34)30-20-7-9-21(10-8-20)33-14-11-18(2)24(26(33)35)32-13-12-23-19(16-32)15-29-27(28)31-23/h3-11,14-15H,12-13,16H2,1-2H3,(H,30,34)(H2,28,29,31). The van der Waals surface area contributed by atoms with E-state index in [1.165, 1.54) is 0 Å². The minimum Gasteiger partial charge on any atom is -0.368 e. The highest BCUT2D eigenvalue weighted by Crippen LogP contribution is 2.24. The number of fused-ring (bicyclic) bond motifs is 1. The van der Waals surface area contributed by atoms with Crippen LogP contribution in [0.15, 0.2) is 71.8 Å². The van der Waals surface area contributed by atoms with Crippen LogP contribution >= 0.6 is 0 Å². The molecule has 1 aliphatic rings. The Morgan fingerprint density at radius 2 is 1.80 bits per heavy atom. The van der Waals surface area contributed by atoms with E-state index in [9.17, 15) is 9.59 Å². The second kappa shape index (κ2) is 9.06. The summed E-state index contributed by atoms with van der Waals surface area (Å²) < 4.78 is 1.63. The topological polar surface area (TPSA) is 106 Å². The first-order valence-corrected chi connectivity index (χ1v) is 11.5. The highest BCUT2D eigenvalue weighted by atomic mass is 16.1. The largest absolute Gasteiger partial charge is 0.368 e. The summed E-state index contributed by atoms with van der Waals surface area (Å²) in [4.78, 5) is 36.7. The van der Waals surface area contributed by atoms with Crippen LogP contribution in [0.5, 0.6) is 0 Å². The average Bonchev–Trinajstić information content (AvgIpc) is 2.85. The predicted octanol–water partition coefficient (Wildman–Crippen LogP) is 3.64. The summed E-state index contributed by atoms with van der Waals surface area (Å²) in [5.74, 6) is 0.107. The van der Waals surface area contributed by atoms with E-state index in [1.807, 2.05) is 50.2 Å². The minimum absolute atomic E-state index is 0.0958. The number of rotatable bonds is 4. The van der Waals surface area contributed by atoms with Crippen LogP contribution in [0.3, 0.4) is 0 Å². The van der Waals surface area contributed by atoms with Crippen molar-refractivity contribution in [1.82, 2.24) is 14.5 Å². The van der Waals surface area contributed by atoms with Crippen LogP contribution in [0.1, 0.15) is 32.7 Å². The molecule has 0 aliphatic carbocycles. The molecule has 2 aromatic heterocycles. The van der Waals surface area contributed by atoms with Crippen molar-refractivity contribution in [2.45, 2.75) is 26.8 Å². The molecular formula is C27H26N6O2. The van der Waals surface area contributed by atoms with Gasteiger partial charge in [-0.15, -0.1) is 0 Å². The van der Waals surface area contributed by atoms with Gasteiger partial charge < -0.3 is 16.0 Å². The summed E-state index contributed by atoms with van der Waals surface area (Å²) in [5.41, 5.74) is 12.0. The smallest absolute Gasteiger partial charge is 0.278 e. The molecule has 0 unspecified atom stereocenters. The van der Waals surface area contributed by atoms with E-state index in [0.29, 0.717) is 36.4 Å². The molecule has 2 aromatic carbocycles. The number of hydrogen-bond donors (Lipinski definition) is 2. The van der Waals surface area contributed by atoms with Gasteiger partial charge in [-0.1, -0.05) is 18.2 Å². The molecule has 5 rings (SSSR count). The summed E-state index contributed by atoms with van der Waals surface area (Å²) in [5, 5.41) is 2.92. The van der Waals surface area contributed by atoms with Crippen molar-refractivity contribution < 1.29 is 4.79 Å². The lowest BCUT2D eigenvalue weighted by Gasteiger charge is -2.30. The fourth-order valence-corrected chi connectivity index (χ4v) is 4.46. The molecule has 1 amide bonds. The Balaban J connectivity index is 1.40. The first-order chi connectivity index (χ1) is 16.9. The number of nitrogen functional groups attached to an aromatic ring is 1. The maximum Gasteiger partial charge on any atom is 0.278 e. The molecule has 176 valence electrons. The molecule has 8 nitrogen and oxygen atoms in total. The van der Waals surface area contributed by atoms with Crippen LogP contribution in [0.2, 0.25) is 0 Å². The molecule has 0 bridgehead atoms. The minimum atomic E-state index is -0.165. The number of nitrogens with zero attached hydrogens (tertiary/aromatic N) is 4. The van der Waals surface area contributed by atoms with Crippen LogP contribution in [-0.2, 0) is 13.0 Å². The van der Waals surface area contributed by atoms with Gasteiger partial charge in [0.1, 0.15) is 5.69 Å². The number of nitrogens with one attached hydrogen (secondary N) is 1. The normalized spacial score (nSPS) is 12.8. The van der Waals surface area contributed by atoms with E-state index in [-0.39, 0.29) is 17.4 Å².